The number of hydrogen-bond acceptors (Lipinski definition) is 4. The van der Waals surface area contributed by atoms with Crippen molar-refractivity contribution in [1.29, 1.82) is 0 Å². The van der Waals surface area contributed by atoms with Crippen molar-refractivity contribution in [2.75, 3.05) is 38.7 Å². The lowest BCUT2D eigenvalue weighted by molar-refractivity contribution is 0.265. The first-order valence-corrected chi connectivity index (χ1v) is 9.18. The Kier molecular flexibility index (Phi) is 6.26. The summed E-state index contributed by atoms with van der Waals surface area (Å²) in [7, 11) is -1.24. The van der Waals surface area contributed by atoms with Crippen molar-refractivity contribution < 1.29 is 8.42 Å². The Bertz CT molecular complexity index is 434. The van der Waals surface area contributed by atoms with Crippen LogP contribution in [-0.4, -0.2) is 70.1 Å². The highest BCUT2D eigenvalue weighted by molar-refractivity contribution is 7.90. The van der Waals surface area contributed by atoms with E-state index in [4.69, 9.17) is 0 Å². The van der Waals surface area contributed by atoms with Crippen LogP contribution in [0.5, 0.6) is 0 Å². The summed E-state index contributed by atoms with van der Waals surface area (Å²) in [4.78, 5) is 6.59. The van der Waals surface area contributed by atoms with Crippen LogP contribution in [0.3, 0.4) is 0 Å². The Morgan fingerprint density at radius 3 is 2.50 bits per heavy atom. The van der Waals surface area contributed by atoms with E-state index in [-0.39, 0.29) is 5.75 Å². The third kappa shape index (κ3) is 5.66. The smallest absolute Gasteiger partial charge is 0.191 e. The highest BCUT2D eigenvalue weighted by atomic mass is 32.2. The molecule has 1 saturated heterocycles. The second-order valence-electron chi connectivity index (χ2n) is 5.90. The van der Waals surface area contributed by atoms with Crippen LogP contribution in [0.25, 0.3) is 0 Å². The molecule has 118 valence electrons. The van der Waals surface area contributed by atoms with Crippen LogP contribution in [0.15, 0.2) is 4.99 Å². The van der Waals surface area contributed by atoms with E-state index in [9.17, 15) is 8.42 Å². The third-order valence-corrected chi connectivity index (χ3v) is 4.63. The number of guanidine groups is 1. The minimum Gasteiger partial charge on any atom is -0.355 e. The van der Waals surface area contributed by atoms with Gasteiger partial charge in [-0.3, -0.25) is 9.89 Å². The number of sulfone groups is 1. The van der Waals surface area contributed by atoms with Gasteiger partial charge < -0.3 is 10.6 Å². The van der Waals surface area contributed by atoms with Crippen molar-refractivity contribution in [3.8, 4) is 0 Å². The van der Waals surface area contributed by atoms with Crippen LogP contribution >= 0.6 is 0 Å². The van der Waals surface area contributed by atoms with E-state index >= 15 is 0 Å². The van der Waals surface area contributed by atoms with Gasteiger partial charge in [0.1, 0.15) is 9.84 Å². The topological polar surface area (TPSA) is 73.8 Å². The minimum absolute atomic E-state index is 0.117. The van der Waals surface area contributed by atoms with Crippen molar-refractivity contribution in [3.05, 3.63) is 0 Å². The summed E-state index contributed by atoms with van der Waals surface area (Å²) < 4.78 is 22.2. The molecule has 2 unspecified atom stereocenters. The number of likely N-dealkylation sites (tertiary alicyclic amines) is 1. The summed E-state index contributed by atoms with van der Waals surface area (Å²) in [5.41, 5.74) is 0. The summed E-state index contributed by atoms with van der Waals surface area (Å²) in [5.74, 6) is 1.34. The van der Waals surface area contributed by atoms with Crippen LogP contribution in [0, 0.1) is 5.92 Å². The molecule has 1 fully saturated rings. The van der Waals surface area contributed by atoms with E-state index in [0.29, 0.717) is 30.5 Å². The van der Waals surface area contributed by atoms with Gasteiger partial charge in [0.2, 0.25) is 0 Å². The van der Waals surface area contributed by atoms with Crippen molar-refractivity contribution in [3.63, 3.8) is 0 Å². The zero-order valence-electron chi connectivity index (χ0n) is 13.2. The van der Waals surface area contributed by atoms with Gasteiger partial charge in [0.05, 0.1) is 5.75 Å². The molecular formula is C13H28N4O2S. The van der Waals surface area contributed by atoms with Gasteiger partial charge in [-0.2, -0.15) is 0 Å². The van der Waals surface area contributed by atoms with Gasteiger partial charge in [-0.25, -0.2) is 8.42 Å². The SMILES string of the molecule is CN=C(NCCS(C)(=O)=O)NC1CN(C(C)C)CC1C. The second kappa shape index (κ2) is 7.26. The molecule has 0 amide bonds. The molecule has 7 heteroatoms. The maximum Gasteiger partial charge on any atom is 0.191 e. The number of rotatable bonds is 5. The average Bonchev–Trinajstić information content (AvgIpc) is 2.68. The van der Waals surface area contributed by atoms with E-state index < -0.39 is 9.84 Å². The van der Waals surface area contributed by atoms with Crippen LogP contribution < -0.4 is 10.6 Å². The van der Waals surface area contributed by atoms with Gasteiger partial charge in [0, 0.05) is 45.0 Å². The Morgan fingerprint density at radius 1 is 1.40 bits per heavy atom. The molecule has 0 saturated carbocycles. The van der Waals surface area contributed by atoms with Crippen LogP contribution in [0.1, 0.15) is 20.8 Å². The molecule has 0 radical (unpaired) electrons. The van der Waals surface area contributed by atoms with Crippen molar-refractivity contribution in [1.82, 2.24) is 15.5 Å². The Morgan fingerprint density at radius 2 is 2.05 bits per heavy atom. The average molecular weight is 304 g/mol. The maximum absolute atomic E-state index is 11.1. The quantitative estimate of drug-likeness (QED) is 0.549. The molecule has 0 spiro atoms. The molecule has 1 rings (SSSR count). The molecular weight excluding hydrogens is 276 g/mol. The monoisotopic (exact) mass is 304 g/mol. The first-order chi connectivity index (χ1) is 9.23. The lowest BCUT2D eigenvalue weighted by Gasteiger charge is -2.21. The van der Waals surface area contributed by atoms with Crippen LogP contribution in [0.4, 0.5) is 0 Å². The van der Waals surface area contributed by atoms with E-state index in [0.717, 1.165) is 13.1 Å². The van der Waals surface area contributed by atoms with Gasteiger partial charge in [-0.05, 0) is 19.8 Å². The molecule has 0 aromatic heterocycles. The summed E-state index contributed by atoms with van der Waals surface area (Å²) >= 11 is 0. The number of nitrogens with one attached hydrogen (secondary N) is 2. The molecule has 0 bridgehead atoms. The Labute approximate surface area is 122 Å². The molecule has 6 nitrogen and oxygen atoms in total. The van der Waals surface area contributed by atoms with Crippen LogP contribution in [-0.2, 0) is 9.84 Å². The molecule has 20 heavy (non-hydrogen) atoms. The van der Waals surface area contributed by atoms with Gasteiger partial charge in [0.25, 0.3) is 0 Å². The number of hydrogen-bond donors (Lipinski definition) is 2. The van der Waals surface area contributed by atoms with Crippen LogP contribution in [0.2, 0.25) is 0 Å². The maximum atomic E-state index is 11.1. The van der Waals surface area contributed by atoms with E-state index in [1.807, 2.05) is 0 Å². The Balaban J connectivity index is 2.45. The lowest BCUT2D eigenvalue weighted by Crippen LogP contribution is -2.47. The molecule has 1 aliphatic rings. The fourth-order valence-corrected chi connectivity index (χ4v) is 2.81. The van der Waals surface area contributed by atoms with Crippen molar-refractivity contribution in [2.24, 2.45) is 10.9 Å². The van der Waals surface area contributed by atoms with Gasteiger partial charge in [-0.1, -0.05) is 6.92 Å². The molecule has 2 atom stereocenters. The first-order valence-electron chi connectivity index (χ1n) is 7.12. The molecule has 0 aromatic carbocycles. The van der Waals surface area contributed by atoms with E-state index in [1.54, 1.807) is 7.05 Å². The van der Waals surface area contributed by atoms with Gasteiger partial charge in [-0.15, -0.1) is 0 Å². The number of nitrogens with zero attached hydrogens (tertiary/aromatic N) is 2. The predicted molar refractivity (Wildman–Crippen MR) is 83.9 cm³/mol. The zero-order chi connectivity index (χ0) is 15.3. The normalized spacial score (nSPS) is 25.2. The Hall–Kier alpha value is -0.820. The highest BCUT2D eigenvalue weighted by Gasteiger charge is 2.31. The van der Waals surface area contributed by atoms with Crippen molar-refractivity contribution in [2.45, 2.75) is 32.9 Å². The second-order valence-corrected chi connectivity index (χ2v) is 8.16. The molecule has 0 aromatic rings. The lowest BCUT2D eigenvalue weighted by atomic mass is 10.1. The fraction of sp³-hybridized carbons (Fsp3) is 0.923. The third-order valence-electron chi connectivity index (χ3n) is 3.68. The summed E-state index contributed by atoms with van der Waals surface area (Å²) in [6, 6.07) is 0.895. The largest absolute Gasteiger partial charge is 0.355 e. The number of aliphatic imine (C=N–C) groups is 1. The van der Waals surface area contributed by atoms with E-state index in [1.165, 1.54) is 6.26 Å². The van der Waals surface area contributed by atoms with Gasteiger partial charge in [0.15, 0.2) is 5.96 Å². The molecule has 2 N–H and O–H groups in total. The highest BCUT2D eigenvalue weighted by Crippen LogP contribution is 2.18. The molecule has 1 heterocycles. The van der Waals surface area contributed by atoms with E-state index in [2.05, 4.69) is 41.3 Å². The fourth-order valence-electron chi connectivity index (χ4n) is 2.34. The first kappa shape index (κ1) is 17.2. The minimum atomic E-state index is -2.94. The summed E-state index contributed by atoms with van der Waals surface area (Å²) in [5, 5.41) is 6.45. The molecule has 0 aliphatic carbocycles. The predicted octanol–water partition coefficient (Wildman–Crippen LogP) is -0.0753. The van der Waals surface area contributed by atoms with Gasteiger partial charge >= 0.3 is 0 Å². The zero-order valence-corrected chi connectivity index (χ0v) is 14.0. The standard InChI is InChI=1S/C13H28N4O2S/c1-10(2)17-8-11(3)12(9-17)16-13(14-4)15-6-7-20(5,18)19/h10-12H,6-9H2,1-5H3,(H2,14,15,16). The summed E-state index contributed by atoms with van der Waals surface area (Å²) in [6.45, 7) is 9.08. The van der Waals surface area contributed by atoms with Crippen molar-refractivity contribution >= 4 is 15.8 Å². The summed E-state index contributed by atoms with van der Waals surface area (Å²) in [6.07, 6.45) is 1.24. The molecule has 1 aliphatic heterocycles.